The largest absolute Gasteiger partial charge is 0.354 e. The van der Waals surface area contributed by atoms with E-state index >= 15 is 0 Å². The van der Waals surface area contributed by atoms with Crippen molar-refractivity contribution < 1.29 is 4.79 Å². The highest BCUT2D eigenvalue weighted by Crippen LogP contribution is 2.27. The number of hydrogen-bond acceptors (Lipinski definition) is 2. The second-order valence-corrected chi connectivity index (χ2v) is 6.48. The summed E-state index contributed by atoms with van der Waals surface area (Å²) in [5.41, 5.74) is 8.09. The lowest BCUT2D eigenvalue weighted by Crippen LogP contribution is -2.36. The van der Waals surface area contributed by atoms with Gasteiger partial charge in [-0.05, 0) is 29.2 Å². The van der Waals surface area contributed by atoms with Crippen LogP contribution in [0.2, 0.25) is 5.02 Å². The number of rotatable bonds is 6. The van der Waals surface area contributed by atoms with Crippen molar-refractivity contribution in [3.63, 3.8) is 0 Å². The Bertz CT molecular complexity index is 643. The van der Waals surface area contributed by atoms with Gasteiger partial charge in [0.1, 0.15) is 0 Å². The fourth-order valence-electron chi connectivity index (χ4n) is 2.68. The molecule has 0 aliphatic rings. The minimum Gasteiger partial charge on any atom is -0.354 e. The number of amides is 1. The van der Waals surface area contributed by atoms with Crippen LogP contribution in [0.3, 0.4) is 0 Å². The summed E-state index contributed by atoms with van der Waals surface area (Å²) in [6.45, 7) is 4.47. The second-order valence-electron chi connectivity index (χ2n) is 6.04. The molecule has 0 aromatic heterocycles. The number of carbonyl (C=O) groups excluding carboxylic acids is 1. The van der Waals surface area contributed by atoms with Crippen molar-refractivity contribution in [3.8, 4) is 0 Å². The monoisotopic (exact) mass is 330 g/mol. The Morgan fingerprint density at radius 2 is 1.74 bits per heavy atom. The number of halogens is 1. The smallest absolute Gasteiger partial charge is 0.227 e. The van der Waals surface area contributed by atoms with Gasteiger partial charge in [0, 0.05) is 17.6 Å². The van der Waals surface area contributed by atoms with Gasteiger partial charge >= 0.3 is 0 Å². The molecular weight excluding hydrogens is 308 g/mol. The molecule has 1 amide bonds. The number of hydrogen-bond donors (Lipinski definition) is 2. The van der Waals surface area contributed by atoms with Crippen molar-refractivity contribution in [3.05, 3.63) is 70.7 Å². The van der Waals surface area contributed by atoms with E-state index in [2.05, 4.69) is 5.32 Å². The van der Waals surface area contributed by atoms with Gasteiger partial charge in [0.05, 0.1) is 5.92 Å². The number of nitrogens with one attached hydrogen (secondary N) is 1. The first-order valence-corrected chi connectivity index (χ1v) is 8.20. The zero-order valence-electron chi connectivity index (χ0n) is 13.5. The average molecular weight is 331 g/mol. The SMILES string of the molecule is CC(C)C(C(=O)NCC(N)c1ccccc1)c1cccc(Cl)c1. The molecule has 2 aromatic rings. The highest BCUT2D eigenvalue weighted by molar-refractivity contribution is 6.30. The van der Waals surface area contributed by atoms with Gasteiger partial charge in [0.15, 0.2) is 0 Å². The summed E-state index contributed by atoms with van der Waals surface area (Å²) in [6, 6.07) is 17.0. The summed E-state index contributed by atoms with van der Waals surface area (Å²) < 4.78 is 0. The predicted octanol–water partition coefficient (Wildman–Crippen LogP) is 3.90. The van der Waals surface area contributed by atoms with E-state index in [9.17, 15) is 4.79 Å². The Morgan fingerprint density at radius 1 is 1.09 bits per heavy atom. The molecule has 3 N–H and O–H groups in total. The van der Waals surface area contributed by atoms with Crippen LogP contribution in [0, 0.1) is 5.92 Å². The van der Waals surface area contributed by atoms with Gasteiger partial charge in [0.25, 0.3) is 0 Å². The van der Waals surface area contributed by atoms with Gasteiger partial charge in [-0.25, -0.2) is 0 Å². The van der Waals surface area contributed by atoms with Crippen molar-refractivity contribution in [1.82, 2.24) is 5.32 Å². The molecule has 0 saturated carbocycles. The maximum Gasteiger partial charge on any atom is 0.227 e. The van der Waals surface area contributed by atoms with Crippen LogP contribution in [0.4, 0.5) is 0 Å². The molecule has 0 aliphatic heterocycles. The van der Waals surface area contributed by atoms with Crippen LogP contribution in [-0.4, -0.2) is 12.5 Å². The summed E-state index contributed by atoms with van der Waals surface area (Å²) in [5.74, 6) is -0.0910. The molecule has 2 unspecified atom stereocenters. The van der Waals surface area contributed by atoms with Crippen molar-refractivity contribution in [2.75, 3.05) is 6.54 Å². The summed E-state index contributed by atoms with van der Waals surface area (Å²) >= 11 is 6.05. The Balaban J connectivity index is 2.05. The Hall–Kier alpha value is -1.84. The minimum absolute atomic E-state index is 0.0198. The van der Waals surface area contributed by atoms with E-state index < -0.39 is 0 Å². The molecule has 4 heteroatoms. The first-order valence-electron chi connectivity index (χ1n) is 7.82. The van der Waals surface area contributed by atoms with Crippen LogP contribution >= 0.6 is 11.6 Å². The van der Waals surface area contributed by atoms with Gasteiger partial charge in [-0.15, -0.1) is 0 Å². The van der Waals surface area contributed by atoms with E-state index in [4.69, 9.17) is 17.3 Å². The molecule has 0 fully saturated rings. The molecular formula is C19H23ClN2O. The van der Waals surface area contributed by atoms with E-state index in [0.717, 1.165) is 11.1 Å². The van der Waals surface area contributed by atoms with Gasteiger partial charge in [-0.1, -0.05) is 67.9 Å². The van der Waals surface area contributed by atoms with E-state index in [1.165, 1.54) is 0 Å². The van der Waals surface area contributed by atoms with Crippen molar-refractivity contribution in [2.45, 2.75) is 25.8 Å². The zero-order valence-corrected chi connectivity index (χ0v) is 14.3. The topological polar surface area (TPSA) is 55.1 Å². The molecule has 2 atom stereocenters. The first-order chi connectivity index (χ1) is 11.0. The van der Waals surface area contributed by atoms with Gasteiger partial charge in [0.2, 0.25) is 5.91 Å². The third-order valence-electron chi connectivity index (χ3n) is 3.88. The summed E-state index contributed by atoms with van der Waals surface area (Å²) in [6.07, 6.45) is 0. The Labute approximate surface area is 142 Å². The van der Waals surface area contributed by atoms with E-state index in [1.54, 1.807) is 0 Å². The van der Waals surface area contributed by atoms with E-state index in [1.807, 2.05) is 68.4 Å². The molecule has 0 radical (unpaired) electrons. The molecule has 23 heavy (non-hydrogen) atoms. The molecule has 122 valence electrons. The van der Waals surface area contributed by atoms with E-state index in [-0.39, 0.29) is 23.8 Å². The lowest BCUT2D eigenvalue weighted by atomic mass is 9.87. The van der Waals surface area contributed by atoms with Crippen LogP contribution in [0.25, 0.3) is 0 Å². The maximum atomic E-state index is 12.6. The summed E-state index contributed by atoms with van der Waals surface area (Å²) in [4.78, 5) is 12.6. The molecule has 0 heterocycles. The minimum atomic E-state index is -0.239. The zero-order chi connectivity index (χ0) is 16.8. The van der Waals surface area contributed by atoms with Crippen LogP contribution in [-0.2, 0) is 4.79 Å². The van der Waals surface area contributed by atoms with Crippen LogP contribution < -0.4 is 11.1 Å². The normalized spacial score (nSPS) is 13.6. The molecule has 2 aromatic carbocycles. The van der Waals surface area contributed by atoms with Crippen LogP contribution in [0.5, 0.6) is 0 Å². The molecule has 0 saturated heterocycles. The fraction of sp³-hybridized carbons (Fsp3) is 0.316. The summed E-state index contributed by atoms with van der Waals surface area (Å²) in [5, 5.41) is 3.61. The second kappa shape index (κ2) is 8.14. The molecule has 0 spiro atoms. The highest BCUT2D eigenvalue weighted by Gasteiger charge is 2.24. The van der Waals surface area contributed by atoms with Gasteiger partial charge < -0.3 is 11.1 Å². The first kappa shape index (κ1) is 17.5. The predicted molar refractivity (Wildman–Crippen MR) is 95.4 cm³/mol. The molecule has 3 nitrogen and oxygen atoms in total. The van der Waals surface area contributed by atoms with Crippen molar-refractivity contribution in [1.29, 1.82) is 0 Å². The highest BCUT2D eigenvalue weighted by atomic mass is 35.5. The molecule has 0 aliphatic carbocycles. The van der Waals surface area contributed by atoms with Crippen LogP contribution in [0.15, 0.2) is 54.6 Å². The number of benzene rings is 2. The average Bonchev–Trinajstić information content (AvgIpc) is 2.53. The quantitative estimate of drug-likeness (QED) is 0.844. The van der Waals surface area contributed by atoms with Crippen molar-refractivity contribution >= 4 is 17.5 Å². The Morgan fingerprint density at radius 3 is 2.35 bits per heavy atom. The number of nitrogens with two attached hydrogens (primary N) is 1. The molecule has 0 bridgehead atoms. The van der Waals surface area contributed by atoms with Gasteiger partial charge in [-0.3, -0.25) is 4.79 Å². The van der Waals surface area contributed by atoms with Crippen LogP contribution in [0.1, 0.15) is 36.9 Å². The van der Waals surface area contributed by atoms with Crippen molar-refractivity contribution in [2.24, 2.45) is 11.7 Å². The maximum absolute atomic E-state index is 12.6. The van der Waals surface area contributed by atoms with Gasteiger partial charge in [-0.2, -0.15) is 0 Å². The lowest BCUT2D eigenvalue weighted by Gasteiger charge is -2.22. The molecule has 2 rings (SSSR count). The summed E-state index contributed by atoms with van der Waals surface area (Å²) in [7, 11) is 0. The van der Waals surface area contributed by atoms with E-state index in [0.29, 0.717) is 11.6 Å². The third-order valence-corrected chi connectivity index (χ3v) is 4.12. The number of carbonyl (C=O) groups is 1. The fourth-order valence-corrected chi connectivity index (χ4v) is 2.88. The lowest BCUT2D eigenvalue weighted by molar-refractivity contribution is -0.123. The third kappa shape index (κ3) is 4.81. The standard InChI is InChI=1S/C19H23ClN2O/c1-13(2)18(15-9-6-10-16(20)11-15)19(23)22-12-17(21)14-7-4-3-5-8-14/h3-11,13,17-18H,12,21H2,1-2H3,(H,22,23). The Kier molecular flexibility index (Phi) is 6.20.